The van der Waals surface area contributed by atoms with Crippen LogP contribution < -0.4 is 21.7 Å². The molecule has 9 nitrogen and oxygen atoms in total. The molecular formula is C18H21N9. The number of hydrogen-bond donors (Lipinski definition) is 5. The summed E-state index contributed by atoms with van der Waals surface area (Å²) in [6.07, 6.45) is 10.3. The fourth-order valence-corrected chi connectivity index (χ4v) is 2.73. The van der Waals surface area contributed by atoms with Gasteiger partial charge in [-0.15, -0.1) is 0 Å². The Morgan fingerprint density at radius 3 is 3.04 bits per heavy atom. The van der Waals surface area contributed by atoms with Crippen molar-refractivity contribution in [2.75, 3.05) is 24.1 Å². The van der Waals surface area contributed by atoms with Gasteiger partial charge in [-0.05, 0) is 11.6 Å². The van der Waals surface area contributed by atoms with Crippen LogP contribution in [0.5, 0.6) is 0 Å². The highest BCUT2D eigenvalue weighted by Gasteiger charge is 2.15. The molecule has 0 aromatic carbocycles. The number of rotatable bonds is 7. The Morgan fingerprint density at radius 2 is 2.26 bits per heavy atom. The van der Waals surface area contributed by atoms with Gasteiger partial charge in [0.2, 0.25) is 0 Å². The number of nitrogens with two attached hydrogens (primary N) is 1. The van der Waals surface area contributed by atoms with Crippen LogP contribution in [0.15, 0.2) is 43.1 Å². The summed E-state index contributed by atoms with van der Waals surface area (Å²) in [5.41, 5.74) is 9.17. The number of imidazole rings is 1. The minimum absolute atomic E-state index is 0.322. The van der Waals surface area contributed by atoms with Crippen LogP contribution in [-0.2, 0) is 6.54 Å². The van der Waals surface area contributed by atoms with E-state index in [1.807, 2.05) is 28.9 Å². The number of pyridine rings is 1. The van der Waals surface area contributed by atoms with Gasteiger partial charge in [-0.3, -0.25) is 0 Å². The minimum Gasteiger partial charge on any atom is -0.385 e. The zero-order valence-electron chi connectivity index (χ0n) is 14.7. The van der Waals surface area contributed by atoms with Crippen LogP contribution in [-0.4, -0.2) is 44.7 Å². The zero-order chi connectivity index (χ0) is 18.6. The summed E-state index contributed by atoms with van der Waals surface area (Å²) < 4.78 is 1.96. The number of fused-ring (bicyclic) bond motifs is 1. The first-order valence-electron chi connectivity index (χ1n) is 8.68. The maximum absolute atomic E-state index is 7.66. The van der Waals surface area contributed by atoms with Gasteiger partial charge in [0, 0.05) is 56.2 Å². The van der Waals surface area contributed by atoms with E-state index >= 15 is 0 Å². The average Bonchev–Trinajstić information content (AvgIpc) is 3.11. The molecule has 4 rings (SSSR count). The maximum Gasteiger partial charge on any atom is 0.169 e. The standard InChI is InChI=1S/C18H21N9/c19-5-13(7-23-14-8-21-9-14)15-10-24-17(20)18(26-15)25-6-12-1-2-16-22-3-4-27(16)11-12/h1-5,7,10-11,14,19,21,23H,6,8-9H2,(H2,20,24)(H,25,26)/b13-7+,19-5?. The van der Waals surface area contributed by atoms with Crippen LogP contribution in [0.3, 0.4) is 0 Å². The van der Waals surface area contributed by atoms with E-state index in [4.69, 9.17) is 11.1 Å². The van der Waals surface area contributed by atoms with Crippen LogP contribution in [0.1, 0.15) is 11.3 Å². The van der Waals surface area contributed by atoms with Crippen LogP contribution in [0.4, 0.5) is 11.6 Å². The third kappa shape index (κ3) is 3.72. The van der Waals surface area contributed by atoms with Gasteiger partial charge >= 0.3 is 0 Å². The van der Waals surface area contributed by atoms with E-state index in [1.54, 1.807) is 18.6 Å². The summed E-state index contributed by atoms with van der Waals surface area (Å²) in [7, 11) is 0. The first kappa shape index (κ1) is 17.0. The number of nitrogen functional groups attached to an aromatic ring is 1. The molecule has 0 amide bonds. The van der Waals surface area contributed by atoms with Crippen molar-refractivity contribution in [3.8, 4) is 0 Å². The highest BCUT2D eigenvalue weighted by molar-refractivity contribution is 6.07. The Labute approximate surface area is 156 Å². The van der Waals surface area contributed by atoms with Crippen LogP contribution in [0.25, 0.3) is 11.2 Å². The lowest BCUT2D eigenvalue weighted by atomic mass is 10.1. The quantitative estimate of drug-likeness (QED) is 0.394. The van der Waals surface area contributed by atoms with Gasteiger partial charge in [0.15, 0.2) is 11.6 Å². The Morgan fingerprint density at radius 1 is 1.37 bits per heavy atom. The number of nitrogens with one attached hydrogen (secondary N) is 4. The monoisotopic (exact) mass is 363 g/mol. The molecule has 1 fully saturated rings. The van der Waals surface area contributed by atoms with Crippen LogP contribution in [0.2, 0.25) is 0 Å². The minimum atomic E-state index is 0.322. The summed E-state index contributed by atoms with van der Waals surface area (Å²) in [6.45, 7) is 2.39. The molecule has 6 N–H and O–H groups in total. The van der Waals surface area contributed by atoms with Gasteiger partial charge in [-0.25, -0.2) is 15.0 Å². The molecule has 0 aliphatic carbocycles. The largest absolute Gasteiger partial charge is 0.385 e. The fraction of sp³-hybridized carbons (Fsp3) is 0.222. The molecule has 0 unspecified atom stereocenters. The lowest BCUT2D eigenvalue weighted by Crippen LogP contribution is -2.53. The average molecular weight is 363 g/mol. The van der Waals surface area contributed by atoms with Crippen LogP contribution in [0, 0.1) is 5.41 Å². The van der Waals surface area contributed by atoms with Crippen LogP contribution >= 0.6 is 0 Å². The second-order valence-corrected chi connectivity index (χ2v) is 6.34. The molecule has 4 heterocycles. The van der Waals surface area contributed by atoms with Crippen molar-refractivity contribution in [3.05, 3.63) is 54.4 Å². The molecule has 0 spiro atoms. The maximum atomic E-state index is 7.66. The highest BCUT2D eigenvalue weighted by atomic mass is 15.1. The molecule has 0 atom stereocenters. The van der Waals surface area contributed by atoms with E-state index in [9.17, 15) is 0 Å². The van der Waals surface area contributed by atoms with Crippen molar-refractivity contribution in [3.63, 3.8) is 0 Å². The second kappa shape index (κ2) is 7.42. The molecule has 27 heavy (non-hydrogen) atoms. The lowest BCUT2D eigenvalue weighted by Gasteiger charge is -2.27. The number of aromatic nitrogens is 4. The summed E-state index contributed by atoms with van der Waals surface area (Å²) in [4.78, 5) is 13.0. The van der Waals surface area contributed by atoms with E-state index < -0.39 is 0 Å². The first-order chi connectivity index (χ1) is 13.2. The van der Waals surface area contributed by atoms with E-state index in [-0.39, 0.29) is 0 Å². The van der Waals surface area contributed by atoms with Crippen molar-refractivity contribution in [2.24, 2.45) is 0 Å². The Balaban J connectivity index is 1.49. The number of allylic oxidation sites excluding steroid dienone is 1. The third-order valence-corrected chi connectivity index (χ3v) is 4.42. The summed E-state index contributed by atoms with van der Waals surface area (Å²) >= 11 is 0. The molecule has 9 heteroatoms. The predicted octanol–water partition coefficient (Wildman–Crippen LogP) is 0.870. The van der Waals surface area contributed by atoms with Gasteiger partial charge in [0.25, 0.3) is 0 Å². The molecule has 1 saturated heterocycles. The molecule has 1 aliphatic heterocycles. The molecular weight excluding hydrogens is 342 g/mol. The van der Waals surface area contributed by atoms with Crippen molar-refractivity contribution in [1.82, 2.24) is 30.0 Å². The van der Waals surface area contributed by atoms with Gasteiger partial charge in [0.05, 0.1) is 17.9 Å². The SMILES string of the molecule is N=C/C(=C\NC1CNC1)c1cnc(N)c(NCc2ccc3nccn3c2)n1. The summed E-state index contributed by atoms with van der Waals surface area (Å²) in [5, 5.41) is 17.4. The highest BCUT2D eigenvalue weighted by Crippen LogP contribution is 2.18. The first-order valence-corrected chi connectivity index (χ1v) is 8.68. The summed E-state index contributed by atoms with van der Waals surface area (Å²) in [5.74, 6) is 0.819. The second-order valence-electron chi connectivity index (χ2n) is 6.34. The van der Waals surface area contributed by atoms with E-state index in [0.717, 1.165) is 24.3 Å². The Bertz CT molecular complexity index is 987. The molecule has 0 saturated carbocycles. The molecule has 138 valence electrons. The smallest absolute Gasteiger partial charge is 0.169 e. The topological polar surface area (TPSA) is 129 Å². The van der Waals surface area contributed by atoms with E-state index in [1.165, 1.54) is 6.21 Å². The van der Waals surface area contributed by atoms with Crippen molar-refractivity contribution in [1.29, 1.82) is 5.41 Å². The molecule has 1 aliphatic rings. The van der Waals surface area contributed by atoms with Gasteiger partial charge in [0.1, 0.15) is 5.65 Å². The predicted molar refractivity (Wildman–Crippen MR) is 106 cm³/mol. The molecule has 3 aromatic heterocycles. The molecule has 0 radical (unpaired) electrons. The zero-order valence-corrected chi connectivity index (χ0v) is 14.7. The van der Waals surface area contributed by atoms with E-state index in [2.05, 4.69) is 30.9 Å². The van der Waals surface area contributed by atoms with Crippen molar-refractivity contribution >= 4 is 29.1 Å². The van der Waals surface area contributed by atoms with Gasteiger partial charge < -0.3 is 31.5 Å². The summed E-state index contributed by atoms with van der Waals surface area (Å²) in [6, 6.07) is 4.35. The Kier molecular flexibility index (Phi) is 4.67. The molecule has 3 aromatic rings. The number of hydrogen-bond acceptors (Lipinski definition) is 8. The van der Waals surface area contributed by atoms with E-state index in [0.29, 0.717) is 35.5 Å². The molecule has 0 bridgehead atoms. The lowest BCUT2D eigenvalue weighted by molar-refractivity contribution is 0.402. The van der Waals surface area contributed by atoms with Gasteiger partial charge in [-0.1, -0.05) is 6.07 Å². The van der Waals surface area contributed by atoms with Crippen molar-refractivity contribution < 1.29 is 0 Å². The fourth-order valence-electron chi connectivity index (χ4n) is 2.73. The normalized spacial score (nSPS) is 14.7. The number of anilines is 2. The Hall–Kier alpha value is -3.46. The third-order valence-electron chi connectivity index (χ3n) is 4.42. The number of nitrogens with zero attached hydrogens (tertiary/aromatic N) is 4. The van der Waals surface area contributed by atoms with Crippen molar-refractivity contribution in [2.45, 2.75) is 12.6 Å². The van der Waals surface area contributed by atoms with Gasteiger partial charge in [-0.2, -0.15) is 0 Å².